The van der Waals surface area contributed by atoms with Gasteiger partial charge in [-0.2, -0.15) is 0 Å². The highest BCUT2D eigenvalue weighted by Gasteiger charge is 2.14. The molecule has 0 spiro atoms. The molecule has 0 atom stereocenters. The monoisotopic (exact) mass is 401 g/mol. The molecule has 5 nitrogen and oxygen atoms in total. The minimum Gasteiger partial charge on any atom is -0.376 e. The van der Waals surface area contributed by atoms with E-state index in [1.165, 1.54) is 0 Å². The molecule has 0 aliphatic rings. The van der Waals surface area contributed by atoms with Crippen molar-refractivity contribution in [2.75, 3.05) is 29.1 Å². The van der Waals surface area contributed by atoms with Gasteiger partial charge in [0.25, 0.3) is 5.91 Å². The number of rotatable bonds is 7. The lowest BCUT2D eigenvalue weighted by atomic mass is 10.0. The molecule has 0 saturated carbocycles. The molecule has 3 rings (SSSR count). The Morgan fingerprint density at radius 2 is 1.60 bits per heavy atom. The van der Waals surface area contributed by atoms with Crippen molar-refractivity contribution in [3.63, 3.8) is 0 Å². The van der Waals surface area contributed by atoms with Crippen LogP contribution in [0.25, 0.3) is 0 Å². The third-order valence-corrected chi connectivity index (χ3v) is 4.87. The Labute approximate surface area is 177 Å². The van der Waals surface area contributed by atoms with Crippen LogP contribution in [0.15, 0.2) is 78.9 Å². The zero-order valence-corrected chi connectivity index (χ0v) is 17.6. The lowest BCUT2D eigenvalue weighted by Crippen LogP contribution is -2.26. The molecule has 0 aliphatic carbocycles. The smallest absolute Gasteiger partial charge is 0.258 e. The number of carbonyl (C=O) groups excluding carboxylic acids is 2. The van der Waals surface area contributed by atoms with Gasteiger partial charge in [-0.05, 0) is 47.9 Å². The van der Waals surface area contributed by atoms with Gasteiger partial charge < -0.3 is 15.5 Å². The topological polar surface area (TPSA) is 61.4 Å². The Morgan fingerprint density at radius 3 is 2.33 bits per heavy atom. The van der Waals surface area contributed by atoms with E-state index in [1.807, 2.05) is 60.7 Å². The van der Waals surface area contributed by atoms with Gasteiger partial charge in [0.1, 0.15) is 0 Å². The number of para-hydroxylation sites is 2. The minimum atomic E-state index is -0.138. The molecule has 2 N–H and O–H groups in total. The molecule has 3 aromatic carbocycles. The van der Waals surface area contributed by atoms with Crippen LogP contribution in [-0.4, -0.2) is 25.4 Å². The predicted octanol–water partition coefficient (Wildman–Crippen LogP) is 5.14. The SMILES string of the molecule is CC(C)c1ccccc1NC(=O)CNc1cccc(C(=O)N(C)c2ccccc2)c1. The quantitative estimate of drug-likeness (QED) is 0.576. The summed E-state index contributed by atoms with van der Waals surface area (Å²) in [6.45, 7) is 4.30. The van der Waals surface area contributed by atoms with E-state index in [1.54, 1.807) is 30.1 Å². The van der Waals surface area contributed by atoms with Gasteiger partial charge in [-0.25, -0.2) is 0 Å². The molecule has 0 unspecified atom stereocenters. The highest BCUT2D eigenvalue weighted by Crippen LogP contribution is 2.23. The number of hydrogen-bond donors (Lipinski definition) is 2. The zero-order chi connectivity index (χ0) is 21.5. The molecule has 0 fully saturated rings. The Hall–Kier alpha value is -3.60. The summed E-state index contributed by atoms with van der Waals surface area (Å²) in [5, 5.41) is 6.07. The number of hydrogen-bond acceptors (Lipinski definition) is 3. The summed E-state index contributed by atoms with van der Waals surface area (Å²) in [6, 6.07) is 24.5. The van der Waals surface area contributed by atoms with E-state index in [9.17, 15) is 9.59 Å². The predicted molar refractivity (Wildman–Crippen MR) is 123 cm³/mol. The fourth-order valence-corrected chi connectivity index (χ4v) is 3.22. The number of nitrogens with zero attached hydrogens (tertiary/aromatic N) is 1. The molecule has 154 valence electrons. The van der Waals surface area contributed by atoms with Crippen LogP contribution >= 0.6 is 0 Å². The molecule has 0 saturated heterocycles. The van der Waals surface area contributed by atoms with Gasteiger partial charge in [-0.15, -0.1) is 0 Å². The second kappa shape index (κ2) is 9.74. The fourth-order valence-electron chi connectivity index (χ4n) is 3.22. The van der Waals surface area contributed by atoms with Gasteiger partial charge in [0, 0.05) is 29.7 Å². The molecule has 30 heavy (non-hydrogen) atoms. The third-order valence-electron chi connectivity index (χ3n) is 4.87. The molecule has 0 radical (unpaired) electrons. The first kappa shape index (κ1) is 21.1. The van der Waals surface area contributed by atoms with Crippen LogP contribution in [0.2, 0.25) is 0 Å². The summed E-state index contributed by atoms with van der Waals surface area (Å²) in [6.07, 6.45) is 0. The molecular weight excluding hydrogens is 374 g/mol. The molecule has 0 aliphatic heterocycles. The van der Waals surface area contributed by atoms with E-state index in [2.05, 4.69) is 24.5 Å². The second-order valence-electron chi connectivity index (χ2n) is 7.42. The number of amides is 2. The number of carbonyl (C=O) groups is 2. The highest BCUT2D eigenvalue weighted by molar-refractivity contribution is 6.06. The van der Waals surface area contributed by atoms with Crippen molar-refractivity contribution in [1.82, 2.24) is 0 Å². The lowest BCUT2D eigenvalue weighted by molar-refractivity contribution is -0.114. The van der Waals surface area contributed by atoms with Crippen LogP contribution in [0, 0.1) is 0 Å². The van der Waals surface area contributed by atoms with E-state index >= 15 is 0 Å². The molecule has 2 amide bonds. The fraction of sp³-hybridized carbons (Fsp3) is 0.200. The third kappa shape index (κ3) is 5.26. The van der Waals surface area contributed by atoms with Gasteiger partial charge in [0.05, 0.1) is 6.54 Å². The van der Waals surface area contributed by atoms with E-state index in [4.69, 9.17) is 0 Å². The molecule has 0 aromatic heterocycles. The maximum atomic E-state index is 12.8. The minimum absolute atomic E-state index is 0.110. The van der Waals surface area contributed by atoms with Crippen molar-refractivity contribution in [1.29, 1.82) is 0 Å². The number of nitrogens with one attached hydrogen (secondary N) is 2. The summed E-state index contributed by atoms with van der Waals surface area (Å²) in [4.78, 5) is 26.8. The number of anilines is 3. The first-order valence-electron chi connectivity index (χ1n) is 10.0. The van der Waals surface area contributed by atoms with Gasteiger partial charge in [0.15, 0.2) is 0 Å². The van der Waals surface area contributed by atoms with Gasteiger partial charge >= 0.3 is 0 Å². The average molecular weight is 402 g/mol. The zero-order valence-electron chi connectivity index (χ0n) is 17.6. The first-order valence-corrected chi connectivity index (χ1v) is 10.0. The Morgan fingerprint density at radius 1 is 0.900 bits per heavy atom. The summed E-state index contributed by atoms with van der Waals surface area (Å²) >= 11 is 0. The van der Waals surface area contributed by atoms with E-state index in [0.717, 1.165) is 22.6 Å². The van der Waals surface area contributed by atoms with Crippen molar-refractivity contribution in [2.45, 2.75) is 19.8 Å². The van der Waals surface area contributed by atoms with E-state index < -0.39 is 0 Å². The van der Waals surface area contributed by atoms with Crippen LogP contribution < -0.4 is 15.5 Å². The second-order valence-corrected chi connectivity index (χ2v) is 7.42. The van der Waals surface area contributed by atoms with Crippen molar-refractivity contribution in [3.05, 3.63) is 90.0 Å². The van der Waals surface area contributed by atoms with Crippen LogP contribution in [0.3, 0.4) is 0 Å². The Kier molecular flexibility index (Phi) is 6.86. The molecular formula is C25H27N3O2. The van der Waals surface area contributed by atoms with Crippen LogP contribution in [0.1, 0.15) is 35.7 Å². The van der Waals surface area contributed by atoms with Crippen molar-refractivity contribution >= 4 is 28.9 Å². The molecule has 0 bridgehead atoms. The van der Waals surface area contributed by atoms with Crippen LogP contribution in [0.4, 0.5) is 17.1 Å². The first-order chi connectivity index (χ1) is 14.5. The van der Waals surface area contributed by atoms with E-state index in [0.29, 0.717) is 11.5 Å². The van der Waals surface area contributed by atoms with E-state index in [-0.39, 0.29) is 18.4 Å². The van der Waals surface area contributed by atoms with Crippen molar-refractivity contribution < 1.29 is 9.59 Å². The summed E-state index contributed by atoms with van der Waals surface area (Å²) in [5.74, 6) is 0.0696. The van der Waals surface area contributed by atoms with Gasteiger partial charge in [-0.1, -0.05) is 56.3 Å². The Balaban J connectivity index is 1.63. The lowest BCUT2D eigenvalue weighted by Gasteiger charge is -2.18. The van der Waals surface area contributed by atoms with Gasteiger partial charge in [0.2, 0.25) is 5.91 Å². The van der Waals surface area contributed by atoms with Gasteiger partial charge in [-0.3, -0.25) is 9.59 Å². The van der Waals surface area contributed by atoms with Crippen LogP contribution in [-0.2, 0) is 4.79 Å². The molecule has 0 heterocycles. The molecule has 3 aromatic rings. The summed E-state index contributed by atoms with van der Waals surface area (Å²) < 4.78 is 0. The Bertz CT molecular complexity index is 1020. The normalized spacial score (nSPS) is 10.5. The standard InChI is InChI=1S/C25H27N3O2/c1-18(2)22-14-7-8-15-23(22)27-24(29)17-26-20-11-9-10-19(16-20)25(30)28(3)21-12-5-4-6-13-21/h4-16,18,26H,17H2,1-3H3,(H,27,29). The molecule has 5 heteroatoms. The van der Waals surface area contributed by atoms with Crippen molar-refractivity contribution in [3.8, 4) is 0 Å². The largest absolute Gasteiger partial charge is 0.376 e. The van der Waals surface area contributed by atoms with Crippen LogP contribution in [0.5, 0.6) is 0 Å². The number of benzene rings is 3. The van der Waals surface area contributed by atoms with Crippen molar-refractivity contribution in [2.24, 2.45) is 0 Å². The maximum absolute atomic E-state index is 12.8. The summed E-state index contributed by atoms with van der Waals surface area (Å²) in [7, 11) is 1.75. The maximum Gasteiger partial charge on any atom is 0.258 e. The average Bonchev–Trinajstić information content (AvgIpc) is 2.77. The highest BCUT2D eigenvalue weighted by atomic mass is 16.2. The summed E-state index contributed by atoms with van der Waals surface area (Å²) in [5.41, 5.74) is 4.02.